The van der Waals surface area contributed by atoms with Crippen LogP contribution in [0.1, 0.15) is 12.0 Å². The van der Waals surface area contributed by atoms with Gasteiger partial charge in [-0.3, -0.25) is 0 Å². The van der Waals surface area contributed by atoms with Crippen molar-refractivity contribution in [2.75, 3.05) is 13.2 Å². The third kappa shape index (κ3) is 6.78. The summed E-state index contributed by atoms with van der Waals surface area (Å²) in [5.74, 6) is 0. The molecule has 0 saturated carbocycles. The quantitative estimate of drug-likeness (QED) is 0.409. The fourth-order valence-corrected chi connectivity index (χ4v) is 6.35. The van der Waals surface area contributed by atoms with Gasteiger partial charge in [-0.2, -0.15) is 0 Å². The van der Waals surface area contributed by atoms with Gasteiger partial charge in [-0.25, -0.2) is 17.9 Å². The number of carbonyl (C=O) groups excluding carboxylic acids is 1. The molecule has 12 heteroatoms. The molecule has 2 atom stereocenters. The normalized spacial score (nSPS) is 19.0. The number of halogens is 2. The number of alkyl carbamates (subject to hydrolysis) is 1. The zero-order valence-corrected chi connectivity index (χ0v) is 21.4. The maximum atomic E-state index is 12.9. The number of rotatable bonds is 8. The van der Waals surface area contributed by atoms with E-state index in [1.807, 2.05) is 30.3 Å². The molecule has 1 fully saturated rings. The predicted molar refractivity (Wildman–Crippen MR) is 130 cm³/mol. The smallest absolute Gasteiger partial charge is 0.407 e. The first-order valence-corrected chi connectivity index (χ1v) is 13.1. The van der Waals surface area contributed by atoms with Crippen LogP contribution < -0.4 is 10.0 Å². The molecule has 0 spiro atoms. The largest absolute Gasteiger partial charge is 0.448 e. The zero-order chi connectivity index (χ0) is 23.3. The third-order valence-corrected chi connectivity index (χ3v) is 8.14. The summed E-state index contributed by atoms with van der Waals surface area (Å²) in [7, 11) is -4.61. The van der Waals surface area contributed by atoms with Crippen molar-refractivity contribution in [3.05, 3.63) is 63.0 Å². The predicted octanol–water partition coefficient (Wildman–Crippen LogP) is 2.97. The number of ether oxygens (including phenoxy) is 1. The second-order valence-corrected chi connectivity index (χ2v) is 11.0. The minimum atomic E-state index is -3.80. The van der Waals surface area contributed by atoms with E-state index in [2.05, 4.69) is 41.9 Å². The highest BCUT2D eigenvalue weighted by Gasteiger charge is 2.38. The van der Waals surface area contributed by atoms with Gasteiger partial charge in [0.05, 0.1) is 4.90 Å². The van der Waals surface area contributed by atoms with E-state index in [4.69, 9.17) is 4.74 Å². The van der Waals surface area contributed by atoms with E-state index >= 15 is 0 Å². The molecule has 1 aliphatic heterocycles. The maximum absolute atomic E-state index is 12.9. The van der Waals surface area contributed by atoms with E-state index < -0.39 is 29.2 Å². The SMILES string of the molecule is CB(O)N1C[C@H](NS(=O)(=O)c2cc(Br)ccc2Br)C[C@@H]1COC(=O)NCc1ccccc1. The zero-order valence-electron chi connectivity index (χ0n) is 17.4. The molecule has 8 nitrogen and oxygen atoms in total. The van der Waals surface area contributed by atoms with Gasteiger partial charge in [-0.1, -0.05) is 46.3 Å². The molecule has 1 heterocycles. The molecule has 2 aromatic rings. The average Bonchev–Trinajstić information content (AvgIpc) is 3.15. The second kappa shape index (κ2) is 11.1. The van der Waals surface area contributed by atoms with E-state index in [9.17, 15) is 18.2 Å². The number of sulfonamides is 1. The molecule has 3 rings (SSSR count). The molecular formula is C20H24BBr2N3O5S. The Morgan fingerprint density at radius 2 is 1.97 bits per heavy atom. The van der Waals surface area contributed by atoms with E-state index in [1.54, 1.807) is 23.8 Å². The molecule has 172 valence electrons. The first kappa shape index (κ1) is 25.2. The summed E-state index contributed by atoms with van der Waals surface area (Å²) >= 11 is 6.57. The van der Waals surface area contributed by atoms with E-state index in [0.29, 0.717) is 28.5 Å². The van der Waals surface area contributed by atoms with Gasteiger partial charge in [0.1, 0.15) is 6.61 Å². The molecule has 0 aliphatic carbocycles. The molecule has 2 aromatic carbocycles. The molecular weight excluding hydrogens is 565 g/mol. The lowest BCUT2D eigenvalue weighted by Crippen LogP contribution is -2.45. The third-order valence-electron chi connectivity index (χ3n) is 5.13. The van der Waals surface area contributed by atoms with Crippen LogP contribution in [0.25, 0.3) is 0 Å². The summed E-state index contributed by atoms with van der Waals surface area (Å²) in [6.07, 6.45) is -0.177. The van der Waals surface area contributed by atoms with Crippen LogP contribution in [0.3, 0.4) is 0 Å². The van der Waals surface area contributed by atoms with E-state index in [0.717, 1.165) is 5.56 Å². The van der Waals surface area contributed by atoms with Crippen LogP contribution in [0.4, 0.5) is 4.79 Å². The first-order chi connectivity index (χ1) is 15.2. The van der Waals surface area contributed by atoms with Crippen molar-refractivity contribution >= 4 is 55.0 Å². The Bertz CT molecular complexity index is 1040. The summed E-state index contributed by atoms with van der Waals surface area (Å²) in [5.41, 5.74) is 0.948. The molecule has 0 unspecified atom stereocenters. The maximum Gasteiger partial charge on any atom is 0.407 e. The molecule has 0 bridgehead atoms. The Morgan fingerprint density at radius 3 is 2.66 bits per heavy atom. The monoisotopic (exact) mass is 587 g/mol. The molecule has 32 heavy (non-hydrogen) atoms. The van der Waals surface area contributed by atoms with Crippen LogP contribution >= 0.6 is 31.9 Å². The molecule has 0 radical (unpaired) electrons. The molecule has 0 aromatic heterocycles. The van der Waals surface area contributed by atoms with E-state index in [1.165, 1.54) is 6.07 Å². The Kier molecular flexibility index (Phi) is 8.76. The highest BCUT2D eigenvalue weighted by Crippen LogP contribution is 2.27. The van der Waals surface area contributed by atoms with Gasteiger partial charge in [0, 0.05) is 34.1 Å². The summed E-state index contributed by atoms with van der Waals surface area (Å²) in [6.45, 7) is 2.27. The van der Waals surface area contributed by atoms with Crippen molar-refractivity contribution in [1.29, 1.82) is 0 Å². The van der Waals surface area contributed by atoms with Crippen molar-refractivity contribution in [2.45, 2.75) is 36.8 Å². The van der Waals surface area contributed by atoms with Crippen LogP contribution in [0.2, 0.25) is 6.82 Å². The number of carbonyl (C=O) groups is 1. The number of nitrogens with one attached hydrogen (secondary N) is 2. The van der Waals surface area contributed by atoms with Crippen LogP contribution in [0.15, 0.2) is 62.4 Å². The minimum absolute atomic E-state index is 0.0321. The Balaban J connectivity index is 1.58. The highest BCUT2D eigenvalue weighted by molar-refractivity contribution is 9.11. The van der Waals surface area contributed by atoms with Gasteiger partial charge in [0.25, 0.3) is 0 Å². The van der Waals surface area contributed by atoms with Gasteiger partial charge in [-0.15, -0.1) is 0 Å². The van der Waals surface area contributed by atoms with Crippen molar-refractivity contribution in [2.24, 2.45) is 0 Å². The van der Waals surface area contributed by atoms with Crippen LogP contribution in [-0.2, 0) is 21.3 Å². The number of nitrogens with zero attached hydrogens (tertiary/aromatic N) is 1. The number of hydrogen-bond donors (Lipinski definition) is 3. The van der Waals surface area contributed by atoms with Crippen molar-refractivity contribution in [3.63, 3.8) is 0 Å². The van der Waals surface area contributed by atoms with Gasteiger partial charge in [-0.05, 0) is 52.9 Å². The van der Waals surface area contributed by atoms with E-state index in [-0.39, 0.29) is 17.5 Å². The average molecular weight is 589 g/mol. The summed E-state index contributed by atoms with van der Waals surface area (Å²) < 4.78 is 34.9. The van der Waals surface area contributed by atoms with Crippen LogP contribution in [0.5, 0.6) is 0 Å². The fraction of sp³-hybridized carbons (Fsp3) is 0.350. The fourth-order valence-electron chi connectivity index (χ4n) is 3.61. The Labute approximate surface area is 205 Å². The van der Waals surface area contributed by atoms with Crippen LogP contribution in [-0.4, -0.2) is 56.6 Å². The molecule has 1 amide bonds. The van der Waals surface area contributed by atoms with Crippen molar-refractivity contribution in [3.8, 4) is 0 Å². The standard InChI is InChI=1S/C20H24BBr2N3O5S/c1-21(28)26-12-16(25-32(29,30)19-9-15(22)7-8-18(19)23)10-17(26)13-31-20(27)24-11-14-5-3-2-4-6-14/h2-9,16-17,25,28H,10-13H2,1H3,(H,24,27)/t16-,17-/m1/s1. The van der Waals surface area contributed by atoms with Gasteiger partial charge < -0.3 is 19.9 Å². The lowest BCUT2D eigenvalue weighted by Gasteiger charge is -2.24. The number of hydrogen-bond acceptors (Lipinski definition) is 6. The summed E-state index contributed by atoms with van der Waals surface area (Å²) in [5, 5.41) is 12.8. The van der Waals surface area contributed by atoms with Gasteiger partial charge >= 0.3 is 13.1 Å². The lowest BCUT2D eigenvalue weighted by molar-refractivity contribution is 0.122. The Hall–Kier alpha value is -1.44. The minimum Gasteiger partial charge on any atom is -0.448 e. The second-order valence-electron chi connectivity index (χ2n) is 7.55. The van der Waals surface area contributed by atoms with Gasteiger partial charge in [0.15, 0.2) is 0 Å². The first-order valence-electron chi connectivity index (χ1n) is 10.0. The summed E-state index contributed by atoms with van der Waals surface area (Å²) in [6, 6.07) is 13.6. The molecule has 3 N–H and O–H groups in total. The van der Waals surface area contributed by atoms with Crippen molar-refractivity contribution < 1.29 is 23.0 Å². The number of benzene rings is 2. The Morgan fingerprint density at radius 1 is 1.25 bits per heavy atom. The van der Waals surface area contributed by atoms with Gasteiger partial charge in [0.2, 0.25) is 10.0 Å². The van der Waals surface area contributed by atoms with Crippen molar-refractivity contribution in [1.82, 2.24) is 14.8 Å². The topological polar surface area (TPSA) is 108 Å². The lowest BCUT2D eigenvalue weighted by atomic mass is 9.84. The highest BCUT2D eigenvalue weighted by atomic mass is 79.9. The molecule has 1 aliphatic rings. The number of amides is 1. The summed E-state index contributed by atoms with van der Waals surface area (Å²) in [4.78, 5) is 13.9. The molecule has 1 saturated heterocycles. The van der Waals surface area contributed by atoms with Crippen LogP contribution in [0, 0.1) is 0 Å².